The van der Waals surface area contributed by atoms with Gasteiger partial charge < -0.3 is 44.3 Å². The molecular weight excluding hydrogens is 807 g/mol. The van der Waals surface area contributed by atoms with Crippen LogP contribution in [-0.4, -0.2) is 113 Å². The molecule has 2 amide bonds. The molecule has 16 nitrogen and oxygen atoms in total. The minimum atomic E-state index is -0.810. The number of aromatic nitrogens is 4. The van der Waals surface area contributed by atoms with Crippen molar-refractivity contribution in [1.29, 1.82) is 0 Å². The van der Waals surface area contributed by atoms with Crippen LogP contribution in [0.3, 0.4) is 0 Å². The highest BCUT2D eigenvalue weighted by Gasteiger charge is 2.46. The van der Waals surface area contributed by atoms with Gasteiger partial charge in [0.25, 0.3) is 5.91 Å². The Morgan fingerprint density at radius 3 is 2.08 bits per heavy atom. The summed E-state index contributed by atoms with van der Waals surface area (Å²) >= 11 is 0. The lowest BCUT2D eigenvalue weighted by Gasteiger charge is -2.41. The number of hydrogen-bond acceptors (Lipinski definition) is 12. The van der Waals surface area contributed by atoms with E-state index in [-0.39, 0.29) is 18.4 Å². The van der Waals surface area contributed by atoms with Gasteiger partial charge in [0.2, 0.25) is 0 Å². The zero-order valence-electron chi connectivity index (χ0n) is 36.9. The van der Waals surface area contributed by atoms with Crippen molar-refractivity contribution in [3.8, 4) is 17.1 Å². The summed E-state index contributed by atoms with van der Waals surface area (Å²) < 4.78 is 28.2. The maximum Gasteiger partial charge on any atom is 0.410 e. The number of amides is 2. The summed E-state index contributed by atoms with van der Waals surface area (Å²) in [5.41, 5.74) is 1.45. The van der Waals surface area contributed by atoms with Crippen molar-refractivity contribution in [3.63, 3.8) is 0 Å². The molecule has 4 N–H and O–H groups in total. The van der Waals surface area contributed by atoms with E-state index in [1.807, 2.05) is 81.4 Å². The first-order valence-corrected chi connectivity index (χ1v) is 22.1. The second kappa shape index (κ2) is 22.7. The number of carboxylic acids is 1. The lowest BCUT2D eigenvalue weighted by molar-refractivity contribution is -0.137. The number of rotatable bonds is 25. The third-order valence-electron chi connectivity index (χ3n) is 11.0. The van der Waals surface area contributed by atoms with E-state index in [0.717, 1.165) is 61.1 Å². The third kappa shape index (κ3) is 14.5. The van der Waals surface area contributed by atoms with Crippen LogP contribution < -0.4 is 15.4 Å². The fourth-order valence-electron chi connectivity index (χ4n) is 7.43. The molecule has 1 aliphatic heterocycles. The summed E-state index contributed by atoms with van der Waals surface area (Å²) in [4.78, 5) is 48.1. The molecule has 0 spiro atoms. The Morgan fingerprint density at radius 2 is 1.43 bits per heavy atom. The number of unbranched alkanes of at least 4 members (excludes halogenated alkanes) is 3. The second-order valence-corrected chi connectivity index (χ2v) is 17.2. The van der Waals surface area contributed by atoms with Gasteiger partial charge in [-0.05, 0) is 120 Å². The number of ether oxygens (including phenoxy) is 5. The van der Waals surface area contributed by atoms with Gasteiger partial charge in [-0.15, -0.1) is 0 Å². The van der Waals surface area contributed by atoms with Gasteiger partial charge in [-0.1, -0.05) is 24.6 Å². The molecule has 1 aliphatic carbocycles. The highest BCUT2D eigenvalue weighted by Crippen LogP contribution is 2.46. The van der Waals surface area contributed by atoms with Crippen molar-refractivity contribution in [2.45, 2.75) is 102 Å². The molecular formula is C47H63N7O9. The molecule has 0 atom stereocenters. The van der Waals surface area contributed by atoms with Crippen LogP contribution in [0.25, 0.3) is 11.4 Å². The minimum Gasteiger partial charge on any atom is -0.494 e. The fraction of sp³-hybridized carbons (Fsp3) is 0.532. The number of piperidine rings is 1. The SMILES string of the molecule is CC(C)(C)OC(=O)N1CCC(Nc2cccc(C(=O)NC3(c4ccc(OCCCCCCOCCOCCOCCCC(=O)O)cc4)CC3)c2)(c2nc(-c3ccncc3)n[nH]2)CC1. The molecule has 3 heterocycles. The van der Waals surface area contributed by atoms with E-state index >= 15 is 0 Å². The van der Waals surface area contributed by atoms with Crippen molar-refractivity contribution < 1.29 is 43.2 Å². The quantitative estimate of drug-likeness (QED) is 0.0479. The van der Waals surface area contributed by atoms with E-state index in [4.69, 9.17) is 33.8 Å². The first-order valence-electron chi connectivity index (χ1n) is 22.1. The molecule has 2 aromatic heterocycles. The van der Waals surface area contributed by atoms with Gasteiger partial charge >= 0.3 is 12.1 Å². The van der Waals surface area contributed by atoms with Crippen molar-refractivity contribution in [1.82, 2.24) is 30.4 Å². The first-order chi connectivity index (χ1) is 30.4. The van der Waals surface area contributed by atoms with E-state index in [2.05, 4.69) is 25.8 Å². The predicted molar refractivity (Wildman–Crippen MR) is 237 cm³/mol. The summed E-state index contributed by atoms with van der Waals surface area (Å²) in [6.07, 6.45) is 10.5. The molecule has 63 heavy (non-hydrogen) atoms. The van der Waals surface area contributed by atoms with Crippen LogP contribution in [0.4, 0.5) is 10.5 Å². The number of anilines is 1. The van der Waals surface area contributed by atoms with Crippen LogP contribution in [0.15, 0.2) is 73.1 Å². The normalized spacial score (nSPS) is 15.4. The average molecular weight is 870 g/mol. The number of pyridine rings is 1. The number of hydrogen-bond donors (Lipinski definition) is 4. The molecule has 1 saturated carbocycles. The number of carbonyl (C=O) groups excluding carboxylic acids is 2. The number of aromatic amines is 1. The van der Waals surface area contributed by atoms with Gasteiger partial charge in [-0.25, -0.2) is 9.78 Å². The van der Waals surface area contributed by atoms with Gasteiger partial charge in [0.15, 0.2) is 11.6 Å². The Hall–Kier alpha value is -5.58. The van der Waals surface area contributed by atoms with Crippen molar-refractivity contribution >= 4 is 23.7 Å². The first kappa shape index (κ1) is 46.9. The zero-order chi connectivity index (χ0) is 44.5. The van der Waals surface area contributed by atoms with Crippen LogP contribution in [0.2, 0.25) is 0 Å². The molecule has 4 aromatic rings. The van der Waals surface area contributed by atoms with Gasteiger partial charge in [0.05, 0.1) is 38.6 Å². The van der Waals surface area contributed by atoms with Crippen molar-refractivity contribution in [2.75, 3.05) is 64.7 Å². The van der Waals surface area contributed by atoms with Crippen molar-refractivity contribution in [3.05, 3.63) is 90.0 Å². The molecule has 1 saturated heterocycles. The molecule has 0 radical (unpaired) electrons. The molecule has 2 aromatic carbocycles. The fourth-order valence-corrected chi connectivity index (χ4v) is 7.43. The summed E-state index contributed by atoms with van der Waals surface area (Å²) in [6, 6.07) is 19.3. The van der Waals surface area contributed by atoms with Crippen LogP contribution in [0, 0.1) is 0 Å². The molecule has 2 fully saturated rings. The predicted octanol–water partition coefficient (Wildman–Crippen LogP) is 7.48. The van der Waals surface area contributed by atoms with Gasteiger partial charge in [0.1, 0.15) is 16.9 Å². The van der Waals surface area contributed by atoms with Gasteiger partial charge in [-0.2, -0.15) is 5.10 Å². The van der Waals surface area contributed by atoms with E-state index in [1.54, 1.807) is 17.3 Å². The summed E-state index contributed by atoms with van der Waals surface area (Å²) in [6.45, 7) is 10.2. The van der Waals surface area contributed by atoms with E-state index in [1.165, 1.54) is 0 Å². The molecule has 0 bridgehead atoms. The zero-order valence-corrected chi connectivity index (χ0v) is 36.9. The molecule has 2 aliphatic rings. The third-order valence-corrected chi connectivity index (χ3v) is 11.0. The number of carbonyl (C=O) groups is 3. The number of carboxylic acid groups (broad SMARTS) is 1. The number of H-pyrrole nitrogens is 1. The minimum absolute atomic E-state index is 0.118. The number of aliphatic carboxylic acids is 1. The smallest absolute Gasteiger partial charge is 0.410 e. The molecule has 6 rings (SSSR count). The Morgan fingerprint density at radius 1 is 0.778 bits per heavy atom. The van der Waals surface area contributed by atoms with Crippen LogP contribution in [0.1, 0.15) is 107 Å². The van der Waals surface area contributed by atoms with Crippen LogP contribution in [0.5, 0.6) is 5.75 Å². The molecule has 0 unspecified atom stereocenters. The number of benzene rings is 2. The summed E-state index contributed by atoms with van der Waals surface area (Å²) in [7, 11) is 0. The van der Waals surface area contributed by atoms with Crippen LogP contribution >= 0.6 is 0 Å². The number of likely N-dealkylation sites (tertiary alicyclic amines) is 1. The Balaban J connectivity index is 0.940. The van der Waals surface area contributed by atoms with E-state index in [0.29, 0.717) is 95.8 Å². The Kier molecular flexibility index (Phi) is 16.9. The monoisotopic (exact) mass is 869 g/mol. The number of nitrogens with zero attached hydrogens (tertiary/aromatic N) is 4. The highest BCUT2D eigenvalue weighted by atomic mass is 16.6. The van der Waals surface area contributed by atoms with E-state index < -0.39 is 22.6 Å². The maximum atomic E-state index is 13.8. The lowest BCUT2D eigenvalue weighted by atomic mass is 9.86. The highest BCUT2D eigenvalue weighted by molar-refractivity contribution is 5.96. The Labute approximate surface area is 369 Å². The van der Waals surface area contributed by atoms with E-state index in [9.17, 15) is 14.4 Å². The average Bonchev–Trinajstić information content (AvgIpc) is 3.87. The molecule has 16 heteroatoms. The molecule has 340 valence electrons. The standard InChI is InChI=1S/C47H63N7O9/c1-45(2,3)63-44(58)54-25-21-47(22-26-54,43-49-41(52-53-43)35-17-23-48-24-18-35)50-38-11-8-10-36(34-38)42(57)51-46(19-20-46)37-13-15-39(16-14-37)62-29-7-5-4-6-27-59-30-32-61-33-31-60-28-9-12-40(55)56/h8,10-11,13-18,23-24,34,50H,4-7,9,12,19-22,25-33H2,1-3H3,(H,51,57)(H,55,56)(H,49,52,53). The second-order valence-electron chi connectivity index (χ2n) is 17.2. The van der Waals surface area contributed by atoms with Gasteiger partial charge in [-0.3, -0.25) is 19.7 Å². The topological polar surface area (TPSA) is 199 Å². The van der Waals surface area contributed by atoms with Crippen molar-refractivity contribution in [2.24, 2.45) is 0 Å². The maximum absolute atomic E-state index is 13.8. The Bertz CT molecular complexity index is 2040. The summed E-state index contributed by atoms with van der Waals surface area (Å²) in [5.74, 6) is 1.03. The lowest BCUT2D eigenvalue weighted by Crippen LogP contribution is -2.50. The summed E-state index contributed by atoms with van der Waals surface area (Å²) in [5, 5.41) is 23.3. The van der Waals surface area contributed by atoms with Gasteiger partial charge in [0, 0.05) is 61.9 Å². The largest absolute Gasteiger partial charge is 0.494 e. The van der Waals surface area contributed by atoms with Crippen LogP contribution in [-0.2, 0) is 34.8 Å². The number of nitrogens with one attached hydrogen (secondary N) is 3.